The zero-order chi connectivity index (χ0) is 28.6. The molecule has 1 atom stereocenters. The Balaban J connectivity index is 1.31. The number of aromatic amines is 1. The molecule has 0 radical (unpaired) electrons. The molecule has 3 amide bonds. The van der Waals surface area contributed by atoms with E-state index in [0.717, 1.165) is 17.4 Å². The monoisotopic (exact) mass is 549 g/mol. The molecule has 1 aliphatic heterocycles. The lowest BCUT2D eigenvalue weighted by Crippen LogP contribution is -2.38. The number of likely N-dealkylation sites (tertiary alicyclic amines) is 1. The first-order valence-electron chi connectivity index (χ1n) is 13.0. The molecule has 1 saturated heterocycles. The molecule has 3 aromatic heterocycles. The number of aromatic nitrogens is 5. The van der Waals surface area contributed by atoms with Crippen molar-refractivity contribution in [1.29, 1.82) is 0 Å². The summed E-state index contributed by atoms with van der Waals surface area (Å²) in [7, 11) is 3.47. The number of pyridine rings is 1. The van der Waals surface area contributed by atoms with Crippen LogP contribution in [0.25, 0.3) is 22.2 Å². The Hall–Kier alpha value is -4.55. The number of halogens is 1. The molecule has 0 saturated carbocycles. The van der Waals surface area contributed by atoms with Gasteiger partial charge in [-0.25, -0.2) is 14.2 Å². The number of H-pyrrole nitrogens is 1. The summed E-state index contributed by atoms with van der Waals surface area (Å²) in [5.74, 6) is -0.188. The van der Waals surface area contributed by atoms with E-state index in [1.165, 1.54) is 6.07 Å². The number of benzene rings is 1. The lowest BCUT2D eigenvalue weighted by Gasteiger charge is -2.21. The maximum Gasteiger partial charge on any atom is 0.319 e. The third-order valence-electron chi connectivity index (χ3n) is 6.72. The molecule has 0 bridgehead atoms. The van der Waals surface area contributed by atoms with Gasteiger partial charge < -0.3 is 25.0 Å². The average Bonchev–Trinajstić information content (AvgIpc) is 3.67. The van der Waals surface area contributed by atoms with Crippen LogP contribution in [0, 0.1) is 5.82 Å². The summed E-state index contributed by atoms with van der Waals surface area (Å²) >= 11 is 0. The number of nitrogens with zero attached hydrogens (tertiary/aromatic N) is 6. The minimum atomic E-state index is -0.551. The molecule has 1 aliphatic rings. The maximum absolute atomic E-state index is 15.2. The molecule has 4 heterocycles. The Morgan fingerprint density at radius 1 is 1.25 bits per heavy atom. The van der Waals surface area contributed by atoms with Gasteiger partial charge in [-0.3, -0.25) is 9.89 Å². The third kappa shape index (κ3) is 5.44. The topological polar surface area (TPSA) is 145 Å². The van der Waals surface area contributed by atoms with Crippen LogP contribution in [0.1, 0.15) is 49.3 Å². The number of rotatable bonds is 6. The molecule has 0 unspecified atom stereocenters. The average molecular weight is 550 g/mol. The van der Waals surface area contributed by atoms with E-state index < -0.39 is 17.1 Å². The van der Waals surface area contributed by atoms with E-state index in [1.807, 2.05) is 20.8 Å². The smallest absolute Gasteiger partial charge is 0.319 e. The van der Waals surface area contributed by atoms with Crippen LogP contribution in [-0.4, -0.2) is 80.3 Å². The van der Waals surface area contributed by atoms with Gasteiger partial charge in [-0.1, -0.05) is 38.1 Å². The number of carbonyl (C=O) groups excluding carboxylic acids is 2. The molecule has 40 heavy (non-hydrogen) atoms. The lowest BCUT2D eigenvalue weighted by molar-refractivity contribution is 0.0937. The fourth-order valence-corrected chi connectivity index (χ4v) is 4.56. The van der Waals surface area contributed by atoms with Gasteiger partial charge in [-0.15, -0.1) is 0 Å². The molecule has 3 N–H and O–H groups in total. The van der Waals surface area contributed by atoms with Gasteiger partial charge in [0, 0.05) is 56.9 Å². The summed E-state index contributed by atoms with van der Waals surface area (Å²) in [6.07, 6.45) is 2.41. The summed E-state index contributed by atoms with van der Waals surface area (Å²) in [4.78, 5) is 36.7. The van der Waals surface area contributed by atoms with Crippen LogP contribution in [0.2, 0.25) is 0 Å². The number of carbonyl (C=O) groups is 2. The van der Waals surface area contributed by atoms with E-state index in [1.54, 1.807) is 48.3 Å². The second-order valence-electron chi connectivity index (χ2n) is 11.1. The molecular weight excluding hydrogens is 517 g/mol. The van der Waals surface area contributed by atoms with E-state index in [2.05, 4.69) is 36.0 Å². The Labute approximate surface area is 230 Å². The molecule has 1 fully saturated rings. The number of hydrogen-bond donors (Lipinski definition) is 3. The molecule has 1 aromatic carbocycles. The van der Waals surface area contributed by atoms with Crippen molar-refractivity contribution in [2.75, 3.05) is 32.5 Å². The Morgan fingerprint density at radius 3 is 2.75 bits per heavy atom. The molecule has 12 nitrogen and oxygen atoms in total. The van der Waals surface area contributed by atoms with Gasteiger partial charge in [0.05, 0.1) is 5.39 Å². The van der Waals surface area contributed by atoms with Crippen LogP contribution in [-0.2, 0) is 12.0 Å². The summed E-state index contributed by atoms with van der Waals surface area (Å²) in [6, 6.07) is 6.63. The van der Waals surface area contributed by atoms with Gasteiger partial charge in [0.25, 0.3) is 11.7 Å². The van der Waals surface area contributed by atoms with Crippen molar-refractivity contribution >= 4 is 28.8 Å². The van der Waals surface area contributed by atoms with Crippen LogP contribution in [0.4, 0.5) is 15.0 Å². The number of fused-ring (bicyclic) bond motifs is 1. The van der Waals surface area contributed by atoms with E-state index in [0.29, 0.717) is 41.6 Å². The first-order valence-corrected chi connectivity index (χ1v) is 13.0. The highest BCUT2D eigenvalue weighted by Crippen LogP contribution is 2.33. The van der Waals surface area contributed by atoms with Crippen LogP contribution < -0.4 is 10.6 Å². The Morgan fingerprint density at radius 2 is 2.05 bits per heavy atom. The predicted molar refractivity (Wildman–Crippen MR) is 146 cm³/mol. The lowest BCUT2D eigenvalue weighted by atomic mass is 9.97. The maximum atomic E-state index is 15.2. The summed E-state index contributed by atoms with van der Waals surface area (Å²) in [5, 5.41) is 17.9. The van der Waals surface area contributed by atoms with Gasteiger partial charge in [0.2, 0.25) is 5.89 Å². The Kier molecular flexibility index (Phi) is 7.13. The van der Waals surface area contributed by atoms with Crippen LogP contribution in [0.5, 0.6) is 0 Å². The fraction of sp³-hybridized carbons (Fsp3) is 0.407. The number of anilines is 1. The van der Waals surface area contributed by atoms with Crippen molar-refractivity contribution in [1.82, 2.24) is 40.4 Å². The normalized spacial score (nSPS) is 15.4. The van der Waals surface area contributed by atoms with E-state index in [9.17, 15) is 9.59 Å². The largest absolute Gasteiger partial charge is 0.363 e. The van der Waals surface area contributed by atoms with Gasteiger partial charge in [-0.05, 0) is 29.7 Å². The zero-order valence-electron chi connectivity index (χ0n) is 23.1. The van der Waals surface area contributed by atoms with Crippen LogP contribution in [0.3, 0.4) is 0 Å². The first-order chi connectivity index (χ1) is 19.0. The molecule has 0 spiro atoms. The SMILES string of the molecule is CN(C)C(=O)N1CC[C@H](Nc2n[nH]c3nccc(-c4ccc(CNC(=O)c5noc(C(C)(C)C)n5)c(F)c4)c23)C1. The Bertz CT molecular complexity index is 1560. The van der Waals surface area contributed by atoms with E-state index in [-0.39, 0.29) is 24.4 Å². The van der Waals surface area contributed by atoms with E-state index in [4.69, 9.17) is 4.52 Å². The quantitative estimate of drug-likeness (QED) is 0.331. The minimum absolute atomic E-state index is 0.0184. The van der Waals surface area contributed by atoms with Crippen molar-refractivity contribution in [2.24, 2.45) is 0 Å². The van der Waals surface area contributed by atoms with Crippen LogP contribution >= 0.6 is 0 Å². The van der Waals surface area contributed by atoms with Gasteiger partial charge in [0.15, 0.2) is 11.5 Å². The fourth-order valence-electron chi connectivity index (χ4n) is 4.56. The zero-order valence-corrected chi connectivity index (χ0v) is 23.1. The minimum Gasteiger partial charge on any atom is -0.363 e. The molecule has 13 heteroatoms. The van der Waals surface area contributed by atoms with Gasteiger partial charge in [-0.2, -0.15) is 10.1 Å². The molecule has 5 rings (SSSR count). The first kappa shape index (κ1) is 27.0. The summed E-state index contributed by atoms with van der Waals surface area (Å²) < 4.78 is 20.4. The van der Waals surface area contributed by atoms with Gasteiger partial charge in [0.1, 0.15) is 5.82 Å². The van der Waals surface area contributed by atoms with Gasteiger partial charge >= 0.3 is 6.03 Å². The highest BCUT2D eigenvalue weighted by Gasteiger charge is 2.28. The second kappa shape index (κ2) is 10.5. The number of nitrogens with one attached hydrogen (secondary N) is 3. The van der Waals surface area contributed by atoms with Crippen molar-refractivity contribution < 1.29 is 18.5 Å². The van der Waals surface area contributed by atoms with Crippen LogP contribution in [0.15, 0.2) is 35.0 Å². The molecular formula is C27H32FN9O3. The highest BCUT2D eigenvalue weighted by atomic mass is 19.1. The molecule has 4 aromatic rings. The summed E-state index contributed by atoms with van der Waals surface area (Å²) in [5.41, 5.74) is 1.86. The van der Waals surface area contributed by atoms with Crippen molar-refractivity contribution in [3.8, 4) is 11.1 Å². The van der Waals surface area contributed by atoms with E-state index >= 15 is 4.39 Å². The standard InChI is InChI=1S/C27H32FN9O3/c1-27(2,3)25-32-23(35-40-25)24(38)30-13-16-7-6-15(12-19(16)28)18-8-10-29-21-20(18)22(34-33-21)31-17-9-11-37(14-17)26(39)36(4)5/h6-8,10,12,17H,9,11,13-14H2,1-5H3,(H,30,38)(H2,29,31,33,34)/t17-/m0/s1. The second-order valence-corrected chi connectivity index (χ2v) is 11.1. The predicted octanol–water partition coefficient (Wildman–Crippen LogP) is 3.54. The molecule has 0 aliphatic carbocycles. The highest BCUT2D eigenvalue weighted by molar-refractivity contribution is 6.00. The number of amides is 3. The third-order valence-corrected chi connectivity index (χ3v) is 6.72. The number of hydrogen-bond acceptors (Lipinski definition) is 8. The summed E-state index contributed by atoms with van der Waals surface area (Å²) in [6.45, 7) is 6.85. The van der Waals surface area contributed by atoms with Crippen molar-refractivity contribution in [2.45, 2.75) is 45.2 Å². The van der Waals surface area contributed by atoms with Crippen molar-refractivity contribution in [3.63, 3.8) is 0 Å². The molecule has 210 valence electrons. The van der Waals surface area contributed by atoms with Crippen molar-refractivity contribution in [3.05, 3.63) is 53.6 Å². The number of urea groups is 1.